The van der Waals surface area contributed by atoms with Crippen molar-refractivity contribution in [3.8, 4) is 0 Å². The Morgan fingerprint density at radius 2 is 0.621 bits per heavy atom. The largest absolute Gasteiger partial charge is 0.463 e. The molecule has 0 atom stereocenters. The molecule has 0 aliphatic carbocycles. The number of carbonyl (C=O) groups is 2. The molecule has 0 saturated carbocycles. The highest BCUT2D eigenvalue weighted by Crippen LogP contribution is 2.11. The average molecular weight is 833 g/mol. The second-order valence-electron chi connectivity index (χ2n) is 13.0. The first kappa shape index (κ1) is 53.7. The van der Waals surface area contributed by atoms with Crippen molar-refractivity contribution >= 4 is 11.9 Å². The normalized spacial score (nSPS) is 11.3. The molecule has 0 spiro atoms. The maximum Gasteiger partial charge on any atom is 0.338 e. The van der Waals surface area contributed by atoms with E-state index < -0.39 is 0 Å². The summed E-state index contributed by atoms with van der Waals surface area (Å²) in [6, 6.07) is 8.85. The summed E-state index contributed by atoms with van der Waals surface area (Å²) in [5.74, 6) is -0.500. The Labute approximate surface area is 348 Å². The Hall–Kier alpha value is -2.28. The van der Waals surface area contributed by atoms with E-state index in [1.165, 1.54) is 44.9 Å². The van der Waals surface area contributed by atoms with Crippen LogP contribution in [0.3, 0.4) is 0 Å². The molecule has 0 heterocycles. The molecule has 0 radical (unpaired) electrons. The third-order valence-corrected chi connectivity index (χ3v) is 8.17. The van der Waals surface area contributed by atoms with Gasteiger partial charge in [0.15, 0.2) is 0 Å². The molecule has 0 saturated heterocycles. The Balaban J connectivity index is 1.63. The van der Waals surface area contributed by atoms with Crippen LogP contribution in [0.25, 0.3) is 0 Å². The second-order valence-corrected chi connectivity index (χ2v) is 13.0. The highest BCUT2D eigenvalue weighted by Gasteiger charge is 2.06. The van der Waals surface area contributed by atoms with Crippen molar-refractivity contribution in [2.24, 2.45) is 0 Å². The van der Waals surface area contributed by atoms with Gasteiger partial charge in [0.25, 0.3) is 0 Å². The minimum Gasteiger partial charge on any atom is -0.463 e. The van der Waals surface area contributed by atoms with E-state index in [4.69, 9.17) is 61.6 Å². The molecule has 1 aromatic carbocycles. The monoisotopic (exact) mass is 833 g/mol. The number of hydrogen-bond acceptors (Lipinski definition) is 15. The fourth-order valence-corrected chi connectivity index (χ4v) is 5.02. The topological polar surface area (TPSA) is 154 Å². The SMILES string of the molecule is CCCCCCCCCCCC(=O)OCCOCCOCCOCCOCCOCCOCCOCCOCCOCCOCCOCCOC(=O)c1ccccc1. The lowest BCUT2D eigenvalue weighted by molar-refractivity contribution is -0.145. The summed E-state index contributed by atoms with van der Waals surface area (Å²) < 4.78 is 70.6. The predicted molar refractivity (Wildman–Crippen MR) is 219 cm³/mol. The summed E-state index contributed by atoms with van der Waals surface area (Å²) in [5.41, 5.74) is 0.523. The van der Waals surface area contributed by atoms with Gasteiger partial charge in [0, 0.05) is 6.42 Å². The minimum atomic E-state index is -0.359. The van der Waals surface area contributed by atoms with Crippen molar-refractivity contribution in [2.45, 2.75) is 71.1 Å². The lowest BCUT2D eigenvalue weighted by Crippen LogP contribution is -2.16. The van der Waals surface area contributed by atoms with E-state index in [1.807, 2.05) is 6.07 Å². The first-order chi connectivity index (χ1) is 28.7. The molecule has 0 bridgehead atoms. The van der Waals surface area contributed by atoms with E-state index in [-0.39, 0.29) is 25.2 Å². The van der Waals surface area contributed by atoms with Crippen LogP contribution < -0.4 is 0 Å². The Kier molecular flexibility index (Phi) is 42.4. The van der Waals surface area contributed by atoms with Crippen molar-refractivity contribution in [3.63, 3.8) is 0 Å². The minimum absolute atomic E-state index is 0.141. The molecule has 0 N–H and O–H groups in total. The predicted octanol–water partition coefficient (Wildman–Crippen LogP) is 5.49. The average Bonchev–Trinajstić information content (AvgIpc) is 3.24. The van der Waals surface area contributed by atoms with E-state index in [2.05, 4.69) is 6.92 Å². The summed E-state index contributed by atoms with van der Waals surface area (Å²) in [6.07, 6.45) is 11.6. The second kappa shape index (κ2) is 45.8. The maximum atomic E-state index is 11.8. The molecule has 1 rings (SSSR count). The molecule has 0 unspecified atom stereocenters. The number of benzene rings is 1. The van der Waals surface area contributed by atoms with Crippen molar-refractivity contribution in [1.82, 2.24) is 0 Å². The third-order valence-electron chi connectivity index (χ3n) is 8.17. The molecule has 0 aliphatic heterocycles. The van der Waals surface area contributed by atoms with Crippen molar-refractivity contribution in [2.75, 3.05) is 159 Å². The molecule has 15 nitrogen and oxygen atoms in total. The zero-order valence-electron chi connectivity index (χ0n) is 35.6. The number of ether oxygens (including phenoxy) is 13. The van der Waals surface area contributed by atoms with Crippen LogP contribution in [0.5, 0.6) is 0 Å². The molecular formula is C43H76O15. The van der Waals surface area contributed by atoms with Crippen molar-refractivity contribution in [1.29, 1.82) is 0 Å². The molecule has 0 aromatic heterocycles. The maximum absolute atomic E-state index is 11.8. The van der Waals surface area contributed by atoms with Crippen LogP contribution in [0.1, 0.15) is 81.5 Å². The number of carbonyl (C=O) groups excluding carboxylic acids is 2. The standard InChI is InChI=1S/C43H76O15/c1-2-3-4-5-6-7-8-9-13-16-42(44)57-39-37-55-35-33-53-31-29-51-27-25-49-23-21-47-19-17-46-18-20-48-22-24-50-26-28-52-30-32-54-34-36-56-38-40-58-43(45)41-14-11-10-12-15-41/h10-12,14-15H,2-9,13,16-40H2,1H3. The molecule has 338 valence electrons. The molecule has 0 amide bonds. The molecular weight excluding hydrogens is 756 g/mol. The zero-order valence-corrected chi connectivity index (χ0v) is 35.6. The van der Waals surface area contributed by atoms with E-state index in [9.17, 15) is 9.59 Å². The zero-order chi connectivity index (χ0) is 41.5. The van der Waals surface area contributed by atoms with E-state index >= 15 is 0 Å². The Morgan fingerprint density at radius 1 is 0.345 bits per heavy atom. The van der Waals surface area contributed by atoms with E-state index in [1.54, 1.807) is 24.3 Å². The number of esters is 2. The lowest BCUT2D eigenvalue weighted by Gasteiger charge is -2.09. The van der Waals surface area contributed by atoms with E-state index in [0.717, 1.165) is 12.8 Å². The van der Waals surface area contributed by atoms with Gasteiger partial charge in [-0.25, -0.2) is 4.79 Å². The number of unbranched alkanes of at least 4 members (excludes halogenated alkanes) is 8. The van der Waals surface area contributed by atoms with E-state index in [0.29, 0.717) is 157 Å². The van der Waals surface area contributed by atoms with Gasteiger partial charge in [-0.2, -0.15) is 0 Å². The van der Waals surface area contributed by atoms with Gasteiger partial charge in [0.1, 0.15) is 13.2 Å². The molecule has 1 aromatic rings. The van der Waals surface area contributed by atoms with Gasteiger partial charge in [-0.3, -0.25) is 4.79 Å². The quantitative estimate of drug-likeness (QED) is 0.0600. The fourth-order valence-electron chi connectivity index (χ4n) is 5.02. The number of rotatable bonds is 47. The van der Waals surface area contributed by atoms with Crippen LogP contribution in [-0.2, 0) is 66.4 Å². The van der Waals surface area contributed by atoms with Crippen LogP contribution in [0.4, 0.5) is 0 Å². The van der Waals surface area contributed by atoms with Crippen LogP contribution >= 0.6 is 0 Å². The fraction of sp³-hybridized carbons (Fsp3) is 0.814. The smallest absolute Gasteiger partial charge is 0.338 e. The van der Waals surface area contributed by atoms with Gasteiger partial charge < -0.3 is 61.6 Å². The first-order valence-electron chi connectivity index (χ1n) is 21.5. The molecule has 0 aliphatic rings. The van der Waals surface area contributed by atoms with Gasteiger partial charge >= 0.3 is 11.9 Å². The van der Waals surface area contributed by atoms with Crippen molar-refractivity contribution < 1.29 is 71.2 Å². The van der Waals surface area contributed by atoms with Crippen LogP contribution in [0, 0.1) is 0 Å². The van der Waals surface area contributed by atoms with Gasteiger partial charge in [-0.05, 0) is 18.6 Å². The Morgan fingerprint density at radius 3 is 0.948 bits per heavy atom. The Bertz CT molecular complexity index is 988. The van der Waals surface area contributed by atoms with Gasteiger partial charge in [0.05, 0.1) is 151 Å². The highest BCUT2D eigenvalue weighted by atomic mass is 16.6. The van der Waals surface area contributed by atoms with Gasteiger partial charge in [-0.1, -0.05) is 76.5 Å². The summed E-state index contributed by atoms with van der Waals surface area (Å²) in [7, 11) is 0. The molecule has 0 fully saturated rings. The van der Waals surface area contributed by atoms with Gasteiger partial charge in [-0.15, -0.1) is 0 Å². The lowest BCUT2D eigenvalue weighted by atomic mass is 10.1. The van der Waals surface area contributed by atoms with Crippen LogP contribution in [0.15, 0.2) is 30.3 Å². The number of hydrogen-bond donors (Lipinski definition) is 0. The molecule has 58 heavy (non-hydrogen) atoms. The van der Waals surface area contributed by atoms with Crippen molar-refractivity contribution in [3.05, 3.63) is 35.9 Å². The summed E-state index contributed by atoms with van der Waals surface area (Å²) in [4.78, 5) is 23.6. The van der Waals surface area contributed by atoms with Crippen LogP contribution in [0.2, 0.25) is 0 Å². The summed E-state index contributed by atoms with van der Waals surface area (Å²) in [6.45, 7) is 12.9. The molecule has 15 heteroatoms. The first-order valence-corrected chi connectivity index (χ1v) is 21.5. The highest BCUT2D eigenvalue weighted by molar-refractivity contribution is 5.89. The van der Waals surface area contributed by atoms with Crippen LogP contribution in [-0.4, -0.2) is 171 Å². The summed E-state index contributed by atoms with van der Waals surface area (Å²) >= 11 is 0. The van der Waals surface area contributed by atoms with Gasteiger partial charge in [0.2, 0.25) is 0 Å². The third kappa shape index (κ3) is 40.5. The summed E-state index contributed by atoms with van der Waals surface area (Å²) in [5, 5.41) is 0.